The molecule has 0 bridgehead atoms. The predicted octanol–water partition coefficient (Wildman–Crippen LogP) is 4.62. The van der Waals surface area contributed by atoms with Crippen LogP contribution in [0.1, 0.15) is 10.4 Å². The van der Waals surface area contributed by atoms with Crippen LogP contribution in [0.5, 0.6) is 0 Å². The third-order valence-corrected chi connectivity index (χ3v) is 3.91. The minimum atomic E-state index is -0.369. The Labute approximate surface area is 143 Å². The quantitative estimate of drug-likeness (QED) is 0.575. The molecule has 0 radical (unpaired) electrons. The first-order valence-corrected chi connectivity index (χ1v) is 7.81. The number of amides is 1. The van der Waals surface area contributed by atoms with Gasteiger partial charge >= 0.3 is 0 Å². The molecule has 4 aromatic rings. The lowest BCUT2D eigenvalue weighted by Gasteiger charge is -2.06. The molecule has 122 valence electrons. The van der Waals surface area contributed by atoms with Gasteiger partial charge in [-0.1, -0.05) is 12.1 Å². The van der Waals surface area contributed by atoms with E-state index in [9.17, 15) is 9.18 Å². The van der Waals surface area contributed by atoms with E-state index in [-0.39, 0.29) is 11.7 Å². The van der Waals surface area contributed by atoms with Gasteiger partial charge in [0.25, 0.3) is 5.91 Å². The lowest BCUT2D eigenvalue weighted by atomic mass is 10.1. The van der Waals surface area contributed by atoms with Gasteiger partial charge in [-0.2, -0.15) is 0 Å². The fourth-order valence-electron chi connectivity index (χ4n) is 2.61. The van der Waals surface area contributed by atoms with Crippen LogP contribution < -0.4 is 5.32 Å². The average Bonchev–Trinajstić information content (AvgIpc) is 3.07. The molecule has 25 heavy (non-hydrogen) atoms. The lowest BCUT2D eigenvalue weighted by Crippen LogP contribution is -2.11. The summed E-state index contributed by atoms with van der Waals surface area (Å²) in [6.45, 7) is 0. The van der Waals surface area contributed by atoms with Crippen molar-refractivity contribution in [3.8, 4) is 11.4 Å². The number of carbonyl (C=O) groups is 1. The van der Waals surface area contributed by atoms with Crippen molar-refractivity contribution in [1.82, 2.24) is 9.97 Å². The van der Waals surface area contributed by atoms with Crippen molar-refractivity contribution in [3.05, 3.63) is 84.2 Å². The van der Waals surface area contributed by atoms with Crippen LogP contribution in [0.2, 0.25) is 0 Å². The largest absolute Gasteiger partial charge is 0.338 e. The molecule has 4 nitrogen and oxygen atoms in total. The number of nitrogens with one attached hydrogen (secondary N) is 2. The van der Waals surface area contributed by atoms with Gasteiger partial charge < -0.3 is 10.3 Å². The standard InChI is InChI=1S/C20H14FN3O/c21-15-9-5-14(6-10-15)20(25)22-16-11-7-13(8-12-16)19-23-17-3-1-2-4-18(17)24-19/h1-12H,(H,22,25)(H,23,24). The Morgan fingerprint density at radius 3 is 2.36 bits per heavy atom. The van der Waals surface area contributed by atoms with Crippen LogP contribution >= 0.6 is 0 Å². The van der Waals surface area contributed by atoms with Crippen LogP contribution in [-0.2, 0) is 0 Å². The molecule has 3 aromatic carbocycles. The van der Waals surface area contributed by atoms with E-state index < -0.39 is 0 Å². The zero-order valence-electron chi connectivity index (χ0n) is 13.2. The monoisotopic (exact) mass is 331 g/mol. The highest BCUT2D eigenvalue weighted by Gasteiger charge is 2.08. The van der Waals surface area contributed by atoms with Crippen molar-refractivity contribution in [3.63, 3.8) is 0 Å². The molecule has 0 spiro atoms. The molecule has 1 amide bonds. The summed E-state index contributed by atoms with van der Waals surface area (Å²) >= 11 is 0. The zero-order valence-corrected chi connectivity index (χ0v) is 13.2. The van der Waals surface area contributed by atoms with Gasteiger partial charge in [0, 0.05) is 16.8 Å². The zero-order chi connectivity index (χ0) is 17.2. The summed E-state index contributed by atoms with van der Waals surface area (Å²) in [5.41, 5.74) is 3.88. The summed E-state index contributed by atoms with van der Waals surface area (Å²) in [6.07, 6.45) is 0. The third-order valence-electron chi connectivity index (χ3n) is 3.91. The molecule has 0 aliphatic heterocycles. The van der Waals surface area contributed by atoms with Gasteiger partial charge in [-0.3, -0.25) is 4.79 Å². The van der Waals surface area contributed by atoms with Gasteiger partial charge in [0.2, 0.25) is 0 Å². The number of H-pyrrole nitrogens is 1. The highest BCUT2D eigenvalue weighted by molar-refractivity contribution is 6.04. The molecule has 0 saturated carbocycles. The highest BCUT2D eigenvalue weighted by Crippen LogP contribution is 2.22. The van der Waals surface area contributed by atoms with Crippen LogP contribution in [0.3, 0.4) is 0 Å². The van der Waals surface area contributed by atoms with E-state index in [1.54, 1.807) is 0 Å². The number of carbonyl (C=O) groups excluding carboxylic acids is 1. The predicted molar refractivity (Wildman–Crippen MR) is 95.9 cm³/mol. The minimum Gasteiger partial charge on any atom is -0.338 e. The van der Waals surface area contributed by atoms with E-state index in [1.165, 1.54) is 24.3 Å². The molecule has 0 atom stereocenters. The maximum atomic E-state index is 12.9. The van der Waals surface area contributed by atoms with Crippen LogP contribution in [0, 0.1) is 5.82 Å². The first kappa shape index (κ1) is 15.1. The molecule has 0 aliphatic rings. The Hall–Kier alpha value is -3.47. The van der Waals surface area contributed by atoms with E-state index in [4.69, 9.17) is 0 Å². The number of aromatic amines is 1. The van der Waals surface area contributed by atoms with Crippen LogP contribution in [-0.4, -0.2) is 15.9 Å². The SMILES string of the molecule is O=C(Nc1ccc(-c2nc3ccccc3[nH]2)cc1)c1ccc(F)cc1. The molecule has 0 saturated heterocycles. The molecule has 2 N–H and O–H groups in total. The number of aromatic nitrogens is 2. The number of benzene rings is 3. The Kier molecular flexibility index (Phi) is 3.74. The molecular formula is C20H14FN3O. The Bertz CT molecular complexity index is 1000. The molecule has 1 aromatic heterocycles. The topological polar surface area (TPSA) is 57.8 Å². The molecule has 0 aliphatic carbocycles. The van der Waals surface area contributed by atoms with Gasteiger partial charge in [0.05, 0.1) is 11.0 Å². The van der Waals surface area contributed by atoms with Crippen molar-refractivity contribution >= 4 is 22.6 Å². The number of fused-ring (bicyclic) bond motifs is 1. The van der Waals surface area contributed by atoms with E-state index in [1.807, 2.05) is 48.5 Å². The Morgan fingerprint density at radius 1 is 0.920 bits per heavy atom. The second-order valence-electron chi connectivity index (χ2n) is 5.64. The van der Waals surface area contributed by atoms with Gasteiger partial charge in [0.15, 0.2) is 0 Å². The number of imidazole rings is 1. The second kappa shape index (κ2) is 6.20. The maximum Gasteiger partial charge on any atom is 0.255 e. The van der Waals surface area contributed by atoms with E-state index >= 15 is 0 Å². The van der Waals surface area contributed by atoms with Crippen molar-refractivity contribution in [1.29, 1.82) is 0 Å². The highest BCUT2D eigenvalue weighted by atomic mass is 19.1. The van der Waals surface area contributed by atoms with Gasteiger partial charge in [0.1, 0.15) is 11.6 Å². The third kappa shape index (κ3) is 3.12. The van der Waals surface area contributed by atoms with E-state index in [0.717, 1.165) is 22.4 Å². The summed E-state index contributed by atoms with van der Waals surface area (Å²) < 4.78 is 12.9. The molecule has 5 heteroatoms. The summed E-state index contributed by atoms with van der Waals surface area (Å²) in [5, 5.41) is 2.79. The number of halogens is 1. The second-order valence-corrected chi connectivity index (χ2v) is 5.64. The van der Waals surface area contributed by atoms with Gasteiger partial charge in [-0.15, -0.1) is 0 Å². The van der Waals surface area contributed by atoms with Crippen molar-refractivity contribution < 1.29 is 9.18 Å². The summed E-state index contributed by atoms with van der Waals surface area (Å²) in [7, 11) is 0. The number of rotatable bonds is 3. The first-order valence-electron chi connectivity index (χ1n) is 7.81. The van der Waals surface area contributed by atoms with Crippen LogP contribution in [0.4, 0.5) is 10.1 Å². The number of hydrogen-bond donors (Lipinski definition) is 2. The van der Waals surface area contributed by atoms with Gasteiger partial charge in [-0.25, -0.2) is 9.37 Å². The van der Waals surface area contributed by atoms with Gasteiger partial charge in [-0.05, 0) is 60.7 Å². The van der Waals surface area contributed by atoms with E-state index in [2.05, 4.69) is 15.3 Å². The number of hydrogen-bond acceptors (Lipinski definition) is 2. The number of para-hydroxylation sites is 2. The normalized spacial score (nSPS) is 10.8. The molecule has 1 heterocycles. The summed E-state index contributed by atoms with van der Waals surface area (Å²) in [6, 6.07) is 20.7. The lowest BCUT2D eigenvalue weighted by molar-refractivity contribution is 0.102. The number of anilines is 1. The van der Waals surface area contributed by atoms with E-state index in [0.29, 0.717) is 11.3 Å². The van der Waals surface area contributed by atoms with Crippen LogP contribution in [0.15, 0.2) is 72.8 Å². The van der Waals surface area contributed by atoms with Crippen molar-refractivity contribution in [2.75, 3.05) is 5.32 Å². The Balaban J connectivity index is 1.53. The minimum absolute atomic E-state index is 0.281. The fraction of sp³-hybridized carbons (Fsp3) is 0. The fourth-order valence-corrected chi connectivity index (χ4v) is 2.61. The molecule has 0 fully saturated rings. The summed E-state index contributed by atoms with van der Waals surface area (Å²) in [5.74, 6) is 0.126. The maximum absolute atomic E-state index is 12.9. The summed E-state index contributed by atoms with van der Waals surface area (Å²) in [4.78, 5) is 20.0. The molecule has 4 rings (SSSR count). The smallest absolute Gasteiger partial charge is 0.255 e. The molecular weight excluding hydrogens is 317 g/mol. The molecule has 0 unspecified atom stereocenters. The van der Waals surface area contributed by atoms with Crippen LogP contribution in [0.25, 0.3) is 22.4 Å². The first-order chi connectivity index (χ1) is 12.2. The Morgan fingerprint density at radius 2 is 1.64 bits per heavy atom. The van der Waals surface area contributed by atoms with Crippen molar-refractivity contribution in [2.45, 2.75) is 0 Å². The average molecular weight is 331 g/mol. The number of nitrogens with zero attached hydrogens (tertiary/aromatic N) is 1. The van der Waals surface area contributed by atoms with Crippen molar-refractivity contribution in [2.24, 2.45) is 0 Å².